The van der Waals surface area contributed by atoms with Gasteiger partial charge in [-0.15, -0.1) is 0 Å². The van der Waals surface area contributed by atoms with Gasteiger partial charge in [-0.3, -0.25) is 0 Å². The number of phenols is 1. The number of aromatic hydroxyl groups is 1. The molecule has 160 valence electrons. The Morgan fingerprint density at radius 1 is 0.412 bits per heavy atom. The third kappa shape index (κ3) is 2.55. The van der Waals surface area contributed by atoms with Crippen LogP contribution in [0.5, 0.6) is 5.75 Å². The second-order valence-corrected chi connectivity index (χ2v) is 9.15. The SMILES string of the molecule is Oc1ccc2cc(C3(c4ccc5ccccc5c4)c4ccccc4-c4ccccc43)ccc2c1. The number of hydrogen-bond donors (Lipinski definition) is 1. The molecule has 1 nitrogen and oxygen atoms in total. The lowest BCUT2D eigenvalue weighted by atomic mass is 9.67. The Hall–Kier alpha value is -4.36. The van der Waals surface area contributed by atoms with Gasteiger partial charge in [0.25, 0.3) is 0 Å². The highest BCUT2D eigenvalue weighted by Gasteiger charge is 2.45. The van der Waals surface area contributed by atoms with Gasteiger partial charge in [-0.25, -0.2) is 0 Å². The molecule has 0 atom stereocenters. The molecule has 0 heterocycles. The van der Waals surface area contributed by atoms with Gasteiger partial charge < -0.3 is 5.11 Å². The lowest BCUT2D eigenvalue weighted by molar-refractivity contribution is 0.476. The van der Waals surface area contributed by atoms with E-state index in [2.05, 4.69) is 109 Å². The van der Waals surface area contributed by atoms with Crippen molar-refractivity contribution in [2.24, 2.45) is 0 Å². The fraction of sp³-hybridized carbons (Fsp3) is 0.0303. The predicted molar refractivity (Wildman–Crippen MR) is 140 cm³/mol. The van der Waals surface area contributed by atoms with Crippen LogP contribution in [0.3, 0.4) is 0 Å². The van der Waals surface area contributed by atoms with Crippen molar-refractivity contribution in [1.29, 1.82) is 0 Å². The van der Waals surface area contributed by atoms with Gasteiger partial charge in [0.15, 0.2) is 0 Å². The molecule has 0 radical (unpaired) electrons. The van der Waals surface area contributed by atoms with E-state index in [4.69, 9.17) is 0 Å². The van der Waals surface area contributed by atoms with E-state index < -0.39 is 5.41 Å². The van der Waals surface area contributed by atoms with Crippen LogP contribution in [0.4, 0.5) is 0 Å². The average Bonchev–Trinajstić information content (AvgIpc) is 3.19. The van der Waals surface area contributed by atoms with Gasteiger partial charge >= 0.3 is 0 Å². The molecule has 0 bridgehead atoms. The van der Waals surface area contributed by atoms with Gasteiger partial charge in [-0.1, -0.05) is 103 Å². The van der Waals surface area contributed by atoms with Crippen molar-refractivity contribution in [1.82, 2.24) is 0 Å². The van der Waals surface area contributed by atoms with Crippen LogP contribution in [0, 0.1) is 0 Å². The Kier molecular flexibility index (Phi) is 3.98. The van der Waals surface area contributed by atoms with Crippen LogP contribution in [-0.4, -0.2) is 5.11 Å². The largest absolute Gasteiger partial charge is 0.508 e. The van der Waals surface area contributed by atoms with E-state index in [1.54, 1.807) is 6.07 Å². The molecule has 0 saturated carbocycles. The first-order valence-electron chi connectivity index (χ1n) is 11.7. The van der Waals surface area contributed by atoms with Crippen molar-refractivity contribution in [2.45, 2.75) is 5.41 Å². The minimum absolute atomic E-state index is 0.293. The highest BCUT2D eigenvalue weighted by Crippen LogP contribution is 2.56. The lowest BCUT2D eigenvalue weighted by Gasteiger charge is -2.34. The van der Waals surface area contributed by atoms with Crippen LogP contribution in [0.1, 0.15) is 22.3 Å². The quantitative estimate of drug-likeness (QED) is 0.292. The summed E-state index contributed by atoms with van der Waals surface area (Å²) in [6.07, 6.45) is 0. The van der Waals surface area contributed by atoms with Gasteiger partial charge in [0.05, 0.1) is 5.41 Å². The zero-order chi connectivity index (χ0) is 22.7. The Morgan fingerprint density at radius 2 is 0.882 bits per heavy atom. The molecule has 0 fully saturated rings. The first-order chi connectivity index (χ1) is 16.7. The van der Waals surface area contributed by atoms with Crippen LogP contribution in [0.25, 0.3) is 32.7 Å². The fourth-order valence-corrected chi connectivity index (χ4v) is 5.91. The molecule has 1 aliphatic carbocycles. The summed E-state index contributed by atoms with van der Waals surface area (Å²) in [6, 6.07) is 45.4. The molecule has 0 aromatic heterocycles. The molecule has 0 aliphatic heterocycles. The molecule has 0 amide bonds. The maximum absolute atomic E-state index is 10.0. The minimum atomic E-state index is -0.427. The summed E-state index contributed by atoms with van der Waals surface area (Å²) in [5.74, 6) is 0.293. The summed E-state index contributed by atoms with van der Waals surface area (Å²) in [7, 11) is 0. The monoisotopic (exact) mass is 434 g/mol. The molecule has 0 saturated heterocycles. The van der Waals surface area contributed by atoms with Crippen molar-refractivity contribution in [3.63, 3.8) is 0 Å². The Balaban J connectivity index is 1.63. The maximum Gasteiger partial charge on any atom is 0.116 e. The van der Waals surface area contributed by atoms with Crippen molar-refractivity contribution in [2.75, 3.05) is 0 Å². The lowest BCUT2D eigenvalue weighted by Crippen LogP contribution is -2.28. The van der Waals surface area contributed by atoms with Crippen LogP contribution in [-0.2, 0) is 5.41 Å². The number of rotatable bonds is 2. The summed E-state index contributed by atoms with van der Waals surface area (Å²) in [5.41, 5.74) is 7.27. The minimum Gasteiger partial charge on any atom is -0.508 e. The summed E-state index contributed by atoms with van der Waals surface area (Å²) >= 11 is 0. The first kappa shape index (κ1) is 19.1. The van der Waals surface area contributed by atoms with Gasteiger partial charge in [0, 0.05) is 0 Å². The van der Waals surface area contributed by atoms with Crippen LogP contribution in [0.2, 0.25) is 0 Å². The normalized spacial score (nSPS) is 13.6. The van der Waals surface area contributed by atoms with E-state index in [0.29, 0.717) is 5.75 Å². The number of benzene rings is 6. The van der Waals surface area contributed by atoms with Crippen molar-refractivity contribution in [3.8, 4) is 16.9 Å². The zero-order valence-electron chi connectivity index (χ0n) is 18.6. The number of phenolic OH excluding ortho intramolecular Hbond substituents is 1. The third-order valence-corrected chi connectivity index (χ3v) is 7.39. The summed E-state index contributed by atoms with van der Waals surface area (Å²) in [5, 5.41) is 14.6. The summed E-state index contributed by atoms with van der Waals surface area (Å²) < 4.78 is 0. The fourth-order valence-electron chi connectivity index (χ4n) is 5.91. The molecule has 6 aromatic rings. The molecule has 0 unspecified atom stereocenters. The highest BCUT2D eigenvalue weighted by molar-refractivity contribution is 5.91. The summed E-state index contributed by atoms with van der Waals surface area (Å²) in [6.45, 7) is 0. The van der Waals surface area contributed by atoms with Crippen molar-refractivity contribution < 1.29 is 5.11 Å². The van der Waals surface area contributed by atoms with Crippen LogP contribution in [0.15, 0.2) is 127 Å². The van der Waals surface area contributed by atoms with E-state index in [0.717, 1.165) is 10.8 Å². The van der Waals surface area contributed by atoms with E-state index in [1.165, 1.54) is 44.2 Å². The summed E-state index contributed by atoms with van der Waals surface area (Å²) in [4.78, 5) is 0. The molecule has 1 N–H and O–H groups in total. The van der Waals surface area contributed by atoms with Gasteiger partial charge in [0.2, 0.25) is 0 Å². The second-order valence-electron chi connectivity index (χ2n) is 9.15. The molecule has 7 rings (SSSR count). The van der Waals surface area contributed by atoms with Crippen LogP contribution < -0.4 is 0 Å². The van der Waals surface area contributed by atoms with E-state index in [1.807, 2.05) is 12.1 Å². The Bertz CT molecular complexity index is 1680. The zero-order valence-corrected chi connectivity index (χ0v) is 18.6. The first-order valence-corrected chi connectivity index (χ1v) is 11.7. The topological polar surface area (TPSA) is 20.2 Å². The van der Waals surface area contributed by atoms with Crippen molar-refractivity contribution in [3.05, 3.63) is 150 Å². The van der Waals surface area contributed by atoms with E-state index in [-0.39, 0.29) is 0 Å². The van der Waals surface area contributed by atoms with Crippen molar-refractivity contribution >= 4 is 21.5 Å². The molecule has 1 aliphatic rings. The Labute approximate surface area is 198 Å². The standard InChI is InChI=1S/C33H22O/c34-28-18-15-24-20-27(17-14-25(24)21-28)33(26-16-13-22-7-1-2-8-23(22)19-26)31-11-5-3-9-29(31)30-10-4-6-12-32(30)33/h1-21,34H. The van der Waals surface area contributed by atoms with Gasteiger partial charge in [-0.2, -0.15) is 0 Å². The van der Waals surface area contributed by atoms with Crippen LogP contribution >= 0.6 is 0 Å². The molecule has 6 aromatic carbocycles. The maximum atomic E-state index is 10.0. The predicted octanol–water partition coefficient (Wildman–Crippen LogP) is 8.06. The van der Waals surface area contributed by atoms with E-state index in [9.17, 15) is 5.11 Å². The highest BCUT2D eigenvalue weighted by atomic mass is 16.3. The Morgan fingerprint density at radius 3 is 1.56 bits per heavy atom. The second kappa shape index (κ2) is 7.07. The molecular formula is C33H22O. The van der Waals surface area contributed by atoms with Gasteiger partial charge in [-0.05, 0) is 79.2 Å². The van der Waals surface area contributed by atoms with Gasteiger partial charge in [0.1, 0.15) is 5.75 Å². The number of hydrogen-bond acceptors (Lipinski definition) is 1. The molecule has 0 spiro atoms. The third-order valence-electron chi connectivity index (χ3n) is 7.39. The molecule has 34 heavy (non-hydrogen) atoms. The molecule has 1 heteroatoms. The van der Waals surface area contributed by atoms with E-state index >= 15 is 0 Å². The molecular weight excluding hydrogens is 412 g/mol. The number of fused-ring (bicyclic) bond motifs is 5. The smallest absolute Gasteiger partial charge is 0.116 e. The average molecular weight is 435 g/mol.